The van der Waals surface area contributed by atoms with Gasteiger partial charge in [-0.2, -0.15) is 10.1 Å². The number of anilines is 1. The molecule has 0 atom stereocenters. The van der Waals surface area contributed by atoms with Crippen LogP contribution in [0.4, 0.5) is 5.82 Å². The summed E-state index contributed by atoms with van der Waals surface area (Å²) in [5.74, 6) is 1.89. The molecule has 1 heterocycles. The molecule has 0 spiro atoms. The topological polar surface area (TPSA) is 68.4 Å². The van der Waals surface area contributed by atoms with Crippen LogP contribution < -0.4 is 14.5 Å². The fourth-order valence-corrected chi connectivity index (χ4v) is 2.71. The maximum atomic E-state index is 12.5. The average molecular weight is 358 g/mol. The van der Waals surface area contributed by atoms with Crippen LogP contribution in [0.3, 0.4) is 0 Å². The predicted molar refractivity (Wildman–Crippen MR) is 101 cm³/mol. The lowest BCUT2D eigenvalue weighted by atomic mass is 10.2. The van der Waals surface area contributed by atoms with E-state index in [4.69, 9.17) is 9.47 Å². The normalized spacial score (nSPS) is 11.0. The first-order valence-corrected chi connectivity index (χ1v) is 8.56. The largest absolute Gasteiger partial charge is 0.495 e. The van der Waals surface area contributed by atoms with Gasteiger partial charge in [-0.1, -0.05) is 30.3 Å². The summed E-state index contributed by atoms with van der Waals surface area (Å²) in [5, 5.41) is 9.15. The second-order valence-corrected chi connectivity index (χ2v) is 5.91. The van der Waals surface area contributed by atoms with Crippen molar-refractivity contribution in [3.63, 3.8) is 0 Å². The zero-order valence-corrected chi connectivity index (χ0v) is 16.0. The van der Waals surface area contributed by atoms with Crippen molar-refractivity contribution in [1.29, 1.82) is 0 Å². The van der Waals surface area contributed by atoms with E-state index in [1.807, 2.05) is 51.4 Å². The van der Waals surface area contributed by atoms with Crippen molar-refractivity contribution >= 4 is 11.7 Å². The molecule has 0 saturated heterocycles. The molecule has 0 saturated carbocycles. The van der Waals surface area contributed by atoms with Gasteiger partial charge in [-0.25, -0.2) is 0 Å². The number of hydrogen-bond acceptors (Lipinski definition) is 5. The van der Waals surface area contributed by atoms with Gasteiger partial charge in [0.2, 0.25) is 5.91 Å². The average Bonchev–Trinajstić information content (AvgIpc) is 2.94. The Morgan fingerprint density at radius 2 is 2.00 bits per heavy atom. The van der Waals surface area contributed by atoms with E-state index in [1.54, 1.807) is 11.7 Å². The quantitative estimate of drug-likeness (QED) is 0.528. The van der Waals surface area contributed by atoms with Crippen LogP contribution in [0.25, 0.3) is 0 Å². The maximum Gasteiger partial charge on any atom is 0.250 e. The van der Waals surface area contributed by atoms with E-state index in [2.05, 4.69) is 10.3 Å². The third-order valence-corrected chi connectivity index (χ3v) is 3.98. The molecule has 0 fully saturated rings. The van der Waals surface area contributed by atoms with E-state index < -0.39 is 0 Å². The van der Waals surface area contributed by atoms with Crippen molar-refractivity contribution in [1.82, 2.24) is 4.57 Å². The van der Waals surface area contributed by atoms with Gasteiger partial charge in [0.1, 0.15) is 23.9 Å². The molecule has 140 valence electrons. The number of nitrogens with zero attached hydrogens (tertiary/aromatic N) is 4. The Kier molecular flexibility index (Phi) is 6.77. The van der Waals surface area contributed by atoms with Gasteiger partial charge in [0.15, 0.2) is 0 Å². The number of ether oxygens (including phenoxy) is 2. The summed E-state index contributed by atoms with van der Waals surface area (Å²) in [6.07, 6.45) is 2.92. The SMILES string of the molecule is CCCC(=O)N(N=NC)c1c(COc2ccccc2C)c(OC)cn1C. The highest BCUT2D eigenvalue weighted by Gasteiger charge is 2.25. The van der Waals surface area contributed by atoms with Gasteiger partial charge >= 0.3 is 0 Å². The smallest absolute Gasteiger partial charge is 0.250 e. The standard InChI is InChI=1S/C19H26N4O3/c1-6-9-18(24)23(21-20-3)19-15(17(25-5)12-22(19)4)13-26-16-11-8-7-10-14(16)2/h7-8,10-12H,6,9,13H2,1-5H3. The number of methoxy groups -OCH3 is 1. The minimum atomic E-state index is -0.126. The summed E-state index contributed by atoms with van der Waals surface area (Å²) in [6, 6.07) is 7.79. The van der Waals surface area contributed by atoms with Crippen molar-refractivity contribution in [2.75, 3.05) is 19.2 Å². The number of carbonyl (C=O) groups excluding carboxylic acids is 1. The van der Waals surface area contributed by atoms with Crippen molar-refractivity contribution in [3.8, 4) is 11.5 Å². The molecule has 0 aliphatic carbocycles. The summed E-state index contributed by atoms with van der Waals surface area (Å²) < 4.78 is 13.3. The molecule has 7 heteroatoms. The summed E-state index contributed by atoms with van der Waals surface area (Å²) in [5.41, 5.74) is 1.78. The lowest BCUT2D eigenvalue weighted by Gasteiger charge is -2.19. The first kappa shape index (κ1) is 19.5. The molecule has 0 N–H and O–H groups in total. The Hall–Kier alpha value is -2.83. The van der Waals surface area contributed by atoms with E-state index in [0.29, 0.717) is 18.0 Å². The van der Waals surface area contributed by atoms with E-state index >= 15 is 0 Å². The fraction of sp³-hybridized carbons (Fsp3) is 0.421. The van der Waals surface area contributed by atoms with Crippen LogP contribution in [0.5, 0.6) is 11.5 Å². The van der Waals surface area contributed by atoms with Crippen molar-refractivity contribution in [2.45, 2.75) is 33.3 Å². The zero-order valence-electron chi connectivity index (χ0n) is 16.0. The Balaban J connectivity index is 2.41. The van der Waals surface area contributed by atoms with Gasteiger partial charge in [0, 0.05) is 19.7 Å². The maximum absolute atomic E-state index is 12.5. The molecular formula is C19H26N4O3. The Bertz CT molecular complexity index is 783. The molecule has 2 aromatic rings. The highest BCUT2D eigenvalue weighted by atomic mass is 16.5. The van der Waals surface area contributed by atoms with Crippen molar-refractivity contribution < 1.29 is 14.3 Å². The molecule has 1 aromatic heterocycles. The van der Waals surface area contributed by atoms with Gasteiger partial charge in [0.25, 0.3) is 0 Å². The van der Waals surface area contributed by atoms with Crippen LogP contribution in [0, 0.1) is 6.92 Å². The molecule has 2 rings (SSSR count). The number of carbonyl (C=O) groups is 1. The number of amides is 1. The molecule has 1 aromatic carbocycles. The molecule has 0 unspecified atom stereocenters. The number of hydrogen-bond donors (Lipinski definition) is 0. The summed E-state index contributed by atoms with van der Waals surface area (Å²) in [4.78, 5) is 12.5. The summed E-state index contributed by atoms with van der Waals surface area (Å²) in [7, 11) is 4.97. The Morgan fingerprint density at radius 1 is 1.27 bits per heavy atom. The third kappa shape index (κ3) is 4.22. The van der Waals surface area contributed by atoms with E-state index in [9.17, 15) is 4.79 Å². The Morgan fingerprint density at radius 3 is 2.62 bits per heavy atom. The predicted octanol–water partition coefficient (Wildman–Crippen LogP) is 4.05. The minimum Gasteiger partial charge on any atom is -0.495 e. The van der Waals surface area contributed by atoms with Crippen LogP contribution in [0.1, 0.15) is 30.9 Å². The fourth-order valence-electron chi connectivity index (χ4n) is 2.71. The molecular weight excluding hydrogens is 332 g/mol. The lowest BCUT2D eigenvalue weighted by molar-refractivity contribution is -0.118. The first-order chi connectivity index (χ1) is 12.5. The summed E-state index contributed by atoms with van der Waals surface area (Å²) in [6.45, 7) is 4.19. The highest BCUT2D eigenvalue weighted by molar-refractivity contribution is 5.93. The Labute approximate surface area is 154 Å². The van der Waals surface area contributed by atoms with Gasteiger partial charge in [-0.05, 0) is 25.0 Å². The molecule has 26 heavy (non-hydrogen) atoms. The molecule has 0 radical (unpaired) electrons. The molecule has 0 aliphatic heterocycles. The monoisotopic (exact) mass is 358 g/mol. The number of benzene rings is 1. The van der Waals surface area contributed by atoms with E-state index in [1.165, 1.54) is 12.1 Å². The molecule has 0 bridgehead atoms. The number of para-hydroxylation sites is 1. The molecule has 0 aliphatic rings. The number of aromatic nitrogens is 1. The number of rotatable bonds is 8. The second kappa shape index (κ2) is 9.03. The van der Waals surface area contributed by atoms with Crippen molar-refractivity contribution in [3.05, 3.63) is 41.6 Å². The summed E-state index contributed by atoms with van der Waals surface area (Å²) >= 11 is 0. The third-order valence-electron chi connectivity index (χ3n) is 3.98. The van der Waals surface area contributed by atoms with Gasteiger partial charge in [0.05, 0.1) is 19.7 Å². The molecule has 7 nitrogen and oxygen atoms in total. The van der Waals surface area contributed by atoms with Crippen LogP contribution in [0.15, 0.2) is 40.8 Å². The van der Waals surface area contributed by atoms with E-state index in [0.717, 1.165) is 23.3 Å². The van der Waals surface area contributed by atoms with E-state index in [-0.39, 0.29) is 12.5 Å². The number of aryl methyl sites for hydroxylation is 2. The van der Waals surface area contributed by atoms with Crippen LogP contribution in [-0.2, 0) is 18.4 Å². The van der Waals surface area contributed by atoms with Gasteiger partial charge in [-0.15, -0.1) is 0 Å². The minimum absolute atomic E-state index is 0.126. The second-order valence-electron chi connectivity index (χ2n) is 5.91. The molecule has 1 amide bonds. The van der Waals surface area contributed by atoms with Crippen LogP contribution in [0.2, 0.25) is 0 Å². The highest BCUT2D eigenvalue weighted by Crippen LogP contribution is 2.34. The lowest BCUT2D eigenvalue weighted by Crippen LogP contribution is -2.27. The van der Waals surface area contributed by atoms with Crippen LogP contribution in [-0.4, -0.2) is 24.6 Å². The van der Waals surface area contributed by atoms with Crippen molar-refractivity contribution in [2.24, 2.45) is 17.4 Å². The van der Waals surface area contributed by atoms with Crippen LogP contribution >= 0.6 is 0 Å². The van der Waals surface area contributed by atoms with Gasteiger partial charge in [-0.3, -0.25) is 4.79 Å². The first-order valence-electron chi connectivity index (χ1n) is 8.56. The van der Waals surface area contributed by atoms with Gasteiger partial charge < -0.3 is 14.0 Å². The zero-order chi connectivity index (χ0) is 19.1.